The van der Waals surface area contributed by atoms with Crippen molar-refractivity contribution in [3.05, 3.63) is 51.2 Å². The zero-order valence-electron chi connectivity index (χ0n) is 15.8. The molecule has 1 heterocycles. The highest BCUT2D eigenvalue weighted by Gasteiger charge is 2.13. The minimum Gasteiger partial charge on any atom is -0.490 e. The summed E-state index contributed by atoms with van der Waals surface area (Å²) in [6.45, 7) is 3.97. The summed E-state index contributed by atoms with van der Waals surface area (Å²) in [7, 11) is 0. The Balaban J connectivity index is 2.13. The summed E-state index contributed by atoms with van der Waals surface area (Å²) in [6, 6.07) is 6.45. The number of benzene rings is 1. The fourth-order valence-electron chi connectivity index (χ4n) is 2.15. The molecular formula is C19H19BrClN3O5. The van der Waals surface area contributed by atoms with E-state index in [1.54, 1.807) is 31.2 Å². The van der Waals surface area contributed by atoms with Crippen molar-refractivity contribution >= 4 is 45.6 Å². The summed E-state index contributed by atoms with van der Waals surface area (Å²) >= 11 is 9.30. The number of hydrogen-bond donors (Lipinski definition) is 1. The Kier molecular flexibility index (Phi) is 8.88. The first-order valence-corrected chi connectivity index (χ1v) is 9.82. The number of rotatable bonds is 9. The van der Waals surface area contributed by atoms with E-state index in [9.17, 15) is 9.59 Å². The van der Waals surface area contributed by atoms with Gasteiger partial charge in [-0.15, -0.1) is 0 Å². The third-order valence-electron chi connectivity index (χ3n) is 3.39. The van der Waals surface area contributed by atoms with Gasteiger partial charge in [-0.2, -0.15) is 5.10 Å². The van der Waals surface area contributed by atoms with E-state index >= 15 is 0 Å². The Morgan fingerprint density at radius 3 is 2.69 bits per heavy atom. The predicted octanol–water partition coefficient (Wildman–Crippen LogP) is 3.60. The zero-order valence-corrected chi connectivity index (χ0v) is 18.1. The molecule has 154 valence electrons. The lowest BCUT2D eigenvalue weighted by Crippen LogP contribution is -2.18. The summed E-state index contributed by atoms with van der Waals surface area (Å²) < 4.78 is 16.5. The Hall–Kier alpha value is -2.65. The third-order valence-corrected chi connectivity index (χ3v) is 4.38. The predicted molar refractivity (Wildman–Crippen MR) is 112 cm³/mol. The molecule has 0 unspecified atom stereocenters. The van der Waals surface area contributed by atoms with Crippen molar-refractivity contribution in [1.29, 1.82) is 0 Å². The van der Waals surface area contributed by atoms with Crippen molar-refractivity contribution in [2.45, 2.75) is 13.8 Å². The van der Waals surface area contributed by atoms with Crippen LogP contribution >= 0.6 is 27.5 Å². The molecular weight excluding hydrogens is 466 g/mol. The van der Waals surface area contributed by atoms with Crippen LogP contribution in [0.1, 0.15) is 29.8 Å². The molecule has 1 amide bonds. The van der Waals surface area contributed by atoms with E-state index in [4.69, 9.17) is 25.8 Å². The van der Waals surface area contributed by atoms with Crippen LogP contribution in [0.2, 0.25) is 5.15 Å². The number of hydrogen-bond acceptors (Lipinski definition) is 7. The number of carbonyl (C=O) groups is 2. The molecule has 29 heavy (non-hydrogen) atoms. The van der Waals surface area contributed by atoms with Gasteiger partial charge in [0.2, 0.25) is 0 Å². The fraction of sp³-hybridized carbons (Fsp3) is 0.263. The number of halogens is 2. The maximum atomic E-state index is 12.1. The quantitative estimate of drug-likeness (QED) is 0.253. The first kappa shape index (κ1) is 22.6. The van der Waals surface area contributed by atoms with Crippen LogP contribution < -0.4 is 14.9 Å². The third kappa shape index (κ3) is 6.72. The average Bonchev–Trinajstić information content (AvgIpc) is 2.69. The van der Waals surface area contributed by atoms with Crippen LogP contribution in [0.3, 0.4) is 0 Å². The van der Waals surface area contributed by atoms with E-state index in [1.807, 2.05) is 6.92 Å². The summed E-state index contributed by atoms with van der Waals surface area (Å²) in [6.07, 6.45) is 2.92. The summed E-state index contributed by atoms with van der Waals surface area (Å²) in [4.78, 5) is 27.5. The molecule has 0 radical (unpaired) electrons. The number of nitrogens with zero attached hydrogens (tertiary/aromatic N) is 2. The highest BCUT2D eigenvalue weighted by atomic mass is 79.9. The minimum atomic E-state index is -0.491. The molecule has 0 aliphatic heterocycles. The standard InChI is InChI=1S/C19H19BrClN3O5/c1-3-27-15-8-12(14(20)9-16(15)29-11-17(25)28-4-2)10-23-24-19(26)13-6-5-7-22-18(13)21/h5-10H,3-4,11H2,1-2H3,(H,24,26). The van der Waals surface area contributed by atoms with Gasteiger partial charge in [-0.1, -0.05) is 11.6 Å². The second kappa shape index (κ2) is 11.4. The summed E-state index contributed by atoms with van der Waals surface area (Å²) in [5.41, 5.74) is 3.22. The van der Waals surface area contributed by atoms with Crippen molar-refractivity contribution in [3.8, 4) is 11.5 Å². The van der Waals surface area contributed by atoms with Gasteiger partial charge in [-0.3, -0.25) is 4.79 Å². The van der Waals surface area contributed by atoms with E-state index < -0.39 is 11.9 Å². The van der Waals surface area contributed by atoms with Gasteiger partial charge < -0.3 is 14.2 Å². The number of carbonyl (C=O) groups excluding carboxylic acids is 2. The van der Waals surface area contributed by atoms with Crippen LogP contribution in [0.4, 0.5) is 0 Å². The molecule has 0 bridgehead atoms. The highest BCUT2D eigenvalue weighted by Crippen LogP contribution is 2.33. The molecule has 0 atom stereocenters. The molecule has 0 saturated carbocycles. The van der Waals surface area contributed by atoms with Gasteiger partial charge in [0.25, 0.3) is 5.91 Å². The smallest absolute Gasteiger partial charge is 0.344 e. The lowest BCUT2D eigenvalue weighted by Gasteiger charge is -2.13. The number of hydrazone groups is 1. The molecule has 1 aromatic carbocycles. The van der Waals surface area contributed by atoms with Crippen LogP contribution in [-0.4, -0.2) is 42.9 Å². The lowest BCUT2D eigenvalue weighted by molar-refractivity contribution is -0.145. The van der Waals surface area contributed by atoms with Crippen molar-refractivity contribution in [2.24, 2.45) is 5.10 Å². The molecule has 8 nitrogen and oxygen atoms in total. The van der Waals surface area contributed by atoms with Crippen LogP contribution in [0, 0.1) is 0 Å². The maximum Gasteiger partial charge on any atom is 0.344 e. The van der Waals surface area contributed by atoms with Gasteiger partial charge in [0, 0.05) is 16.2 Å². The van der Waals surface area contributed by atoms with Crippen LogP contribution in [0.15, 0.2) is 40.0 Å². The SMILES string of the molecule is CCOC(=O)COc1cc(Br)c(C=NNC(=O)c2cccnc2Cl)cc1OCC. The molecule has 0 saturated heterocycles. The highest BCUT2D eigenvalue weighted by molar-refractivity contribution is 9.10. The fourth-order valence-corrected chi connectivity index (χ4v) is 2.78. The molecule has 10 heteroatoms. The Morgan fingerprint density at radius 2 is 2.00 bits per heavy atom. The van der Waals surface area contributed by atoms with Crippen LogP contribution in [0.25, 0.3) is 0 Å². The monoisotopic (exact) mass is 483 g/mol. The lowest BCUT2D eigenvalue weighted by atomic mass is 10.2. The molecule has 0 fully saturated rings. The molecule has 0 spiro atoms. The van der Waals surface area contributed by atoms with E-state index in [2.05, 4.69) is 31.4 Å². The van der Waals surface area contributed by atoms with E-state index in [-0.39, 0.29) is 23.9 Å². The van der Waals surface area contributed by atoms with Crippen LogP contribution in [-0.2, 0) is 9.53 Å². The maximum absolute atomic E-state index is 12.1. The van der Waals surface area contributed by atoms with Crippen molar-refractivity contribution in [2.75, 3.05) is 19.8 Å². The van der Waals surface area contributed by atoms with Gasteiger partial charge in [0.1, 0.15) is 5.15 Å². The molecule has 0 aliphatic carbocycles. The Bertz CT molecular complexity index is 907. The summed E-state index contributed by atoms with van der Waals surface area (Å²) in [5, 5.41) is 4.02. The van der Waals surface area contributed by atoms with E-state index in [0.717, 1.165) is 0 Å². The summed E-state index contributed by atoms with van der Waals surface area (Å²) in [5.74, 6) is -0.179. The molecule has 2 aromatic rings. The number of ether oxygens (including phenoxy) is 3. The van der Waals surface area contributed by atoms with Gasteiger partial charge in [-0.25, -0.2) is 15.2 Å². The normalized spacial score (nSPS) is 10.6. The molecule has 1 N–H and O–H groups in total. The zero-order chi connectivity index (χ0) is 21.2. The minimum absolute atomic E-state index is 0.0862. The largest absolute Gasteiger partial charge is 0.490 e. The van der Waals surface area contributed by atoms with Crippen LogP contribution in [0.5, 0.6) is 11.5 Å². The Morgan fingerprint density at radius 1 is 1.24 bits per heavy atom. The van der Waals surface area contributed by atoms with Crippen molar-refractivity contribution < 1.29 is 23.8 Å². The van der Waals surface area contributed by atoms with Gasteiger partial charge in [0.05, 0.1) is 25.0 Å². The molecule has 2 rings (SSSR count). The van der Waals surface area contributed by atoms with Crippen molar-refractivity contribution in [1.82, 2.24) is 10.4 Å². The van der Waals surface area contributed by atoms with E-state index in [1.165, 1.54) is 12.4 Å². The number of nitrogens with one attached hydrogen (secondary N) is 1. The number of aromatic nitrogens is 1. The van der Waals surface area contributed by atoms with Gasteiger partial charge in [-0.05, 0) is 54.0 Å². The van der Waals surface area contributed by atoms with E-state index in [0.29, 0.717) is 28.1 Å². The van der Waals surface area contributed by atoms with Gasteiger partial charge in [0.15, 0.2) is 18.1 Å². The average molecular weight is 485 g/mol. The second-order valence-electron chi connectivity index (χ2n) is 5.39. The first-order chi connectivity index (χ1) is 14.0. The number of esters is 1. The topological polar surface area (TPSA) is 99.1 Å². The molecule has 0 aliphatic rings. The van der Waals surface area contributed by atoms with Gasteiger partial charge >= 0.3 is 5.97 Å². The number of amides is 1. The number of pyridine rings is 1. The Labute approximate surface area is 181 Å². The molecule has 1 aromatic heterocycles. The first-order valence-electron chi connectivity index (χ1n) is 8.64. The van der Waals surface area contributed by atoms with Crippen molar-refractivity contribution in [3.63, 3.8) is 0 Å². The second-order valence-corrected chi connectivity index (χ2v) is 6.60.